The minimum absolute atomic E-state index is 0.219. The van der Waals surface area contributed by atoms with Crippen LogP contribution in [0.2, 0.25) is 0 Å². The van der Waals surface area contributed by atoms with Gasteiger partial charge in [0.15, 0.2) is 0 Å². The molecule has 4 heteroatoms. The van der Waals surface area contributed by atoms with E-state index >= 15 is 0 Å². The van der Waals surface area contributed by atoms with Crippen molar-refractivity contribution in [2.75, 3.05) is 19.0 Å². The first kappa shape index (κ1) is 13.6. The van der Waals surface area contributed by atoms with Gasteiger partial charge in [-0.1, -0.05) is 12.1 Å². The lowest BCUT2D eigenvalue weighted by Crippen LogP contribution is -2.17. The monoisotopic (exact) mass is 262 g/mol. The summed E-state index contributed by atoms with van der Waals surface area (Å²) >= 11 is 0. The van der Waals surface area contributed by atoms with Gasteiger partial charge in [-0.3, -0.25) is 0 Å². The van der Waals surface area contributed by atoms with Gasteiger partial charge in [0.2, 0.25) is 0 Å². The van der Waals surface area contributed by atoms with Crippen LogP contribution in [0.5, 0.6) is 0 Å². The molecule has 2 aromatic rings. The van der Waals surface area contributed by atoms with Crippen LogP contribution in [0.25, 0.3) is 0 Å². The second-order valence-electron chi connectivity index (χ2n) is 4.66. The molecule has 0 atom stereocenters. The van der Waals surface area contributed by atoms with E-state index < -0.39 is 0 Å². The molecule has 1 aromatic heterocycles. The number of aryl methyl sites for hydroxylation is 1. The van der Waals surface area contributed by atoms with Crippen molar-refractivity contribution in [2.24, 2.45) is 0 Å². The van der Waals surface area contributed by atoms with Crippen LogP contribution in [-0.4, -0.2) is 14.1 Å². The maximum Gasteiger partial charge on any atom is 0.146 e. The van der Waals surface area contributed by atoms with Gasteiger partial charge in [0.05, 0.1) is 18.8 Å². The average Bonchev–Trinajstić information content (AvgIpc) is 2.70. The van der Waals surface area contributed by atoms with Crippen molar-refractivity contribution in [3.8, 4) is 0 Å². The third-order valence-electron chi connectivity index (χ3n) is 3.07. The molecule has 0 aliphatic rings. The Morgan fingerprint density at radius 3 is 2.74 bits per heavy atom. The normalized spacial score (nSPS) is 10.7. The molecule has 0 bridgehead atoms. The Balaban J connectivity index is 2.13. The van der Waals surface area contributed by atoms with E-state index in [0.717, 1.165) is 17.1 Å². The summed E-state index contributed by atoms with van der Waals surface area (Å²) in [6.07, 6.45) is 0. The molecule has 1 N–H and O–H groups in total. The molecular formula is C15H19FN2O. The first-order valence-electron chi connectivity index (χ1n) is 6.30. The molecule has 0 amide bonds. The van der Waals surface area contributed by atoms with E-state index in [1.807, 2.05) is 38.1 Å². The first-order chi connectivity index (χ1) is 9.11. The highest BCUT2D eigenvalue weighted by Gasteiger charge is 2.11. The molecule has 2 rings (SSSR count). The van der Waals surface area contributed by atoms with Crippen molar-refractivity contribution in [2.45, 2.75) is 20.0 Å². The van der Waals surface area contributed by atoms with Crippen molar-refractivity contribution in [3.63, 3.8) is 0 Å². The van der Waals surface area contributed by atoms with Crippen molar-refractivity contribution in [1.82, 2.24) is 5.32 Å². The predicted molar refractivity (Wildman–Crippen MR) is 74.7 cm³/mol. The topological polar surface area (TPSA) is 28.4 Å². The fraction of sp³-hybridized carbons (Fsp3) is 0.333. The Labute approximate surface area is 113 Å². The highest BCUT2D eigenvalue weighted by molar-refractivity contribution is 5.47. The van der Waals surface area contributed by atoms with Gasteiger partial charge in [0.25, 0.3) is 0 Å². The Morgan fingerprint density at radius 1 is 1.32 bits per heavy atom. The van der Waals surface area contributed by atoms with Crippen LogP contribution in [0.1, 0.15) is 17.1 Å². The summed E-state index contributed by atoms with van der Waals surface area (Å²) in [6.45, 7) is 3.27. The molecule has 0 aliphatic heterocycles. The zero-order valence-electron chi connectivity index (χ0n) is 11.5. The van der Waals surface area contributed by atoms with Gasteiger partial charge in [-0.15, -0.1) is 0 Å². The minimum Gasteiger partial charge on any atom is -0.463 e. The summed E-state index contributed by atoms with van der Waals surface area (Å²) in [7, 11) is 3.74. The van der Waals surface area contributed by atoms with Crippen LogP contribution < -0.4 is 10.2 Å². The van der Waals surface area contributed by atoms with Crippen LogP contribution >= 0.6 is 0 Å². The quantitative estimate of drug-likeness (QED) is 0.897. The zero-order valence-corrected chi connectivity index (χ0v) is 11.5. The highest BCUT2D eigenvalue weighted by Crippen LogP contribution is 2.21. The van der Waals surface area contributed by atoms with E-state index in [9.17, 15) is 4.39 Å². The predicted octanol–water partition coefficient (Wildman–Crippen LogP) is 3.08. The summed E-state index contributed by atoms with van der Waals surface area (Å²) in [4.78, 5) is 1.84. The van der Waals surface area contributed by atoms with Gasteiger partial charge in [-0.05, 0) is 37.7 Å². The Hall–Kier alpha value is -1.81. The van der Waals surface area contributed by atoms with E-state index in [-0.39, 0.29) is 5.82 Å². The first-order valence-corrected chi connectivity index (χ1v) is 6.30. The largest absolute Gasteiger partial charge is 0.463 e. The van der Waals surface area contributed by atoms with Crippen LogP contribution in [0, 0.1) is 12.7 Å². The highest BCUT2D eigenvalue weighted by atomic mass is 19.1. The van der Waals surface area contributed by atoms with Crippen LogP contribution in [-0.2, 0) is 13.1 Å². The van der Waals surface area contributed by atoms with E-state index in [2.05, 4.69) is 5.32 Å². The number of benzene rings is 1. The second-order valence-corrected chi connectivity index (χ2v) is 4.66. The zero-order chi connectivity index (χ0) is 13.8. The molecule has 1 aromatic carbocycles. The number of anilines is 1. The van der Waals surface area contributed by atoms with Gasteiger partial charge in [0, 0.05) is 7.05 Å². The maximum absolute atomic E-state index is 13.7. The molecule has 0 spiro atoms. The summed E-state index contributed by atoms with van der Waals surface area (Å²) < 4.78 is 19.4. The third kappa shape index (κ3) is 3.15. The lowest BCUT2D eigenvalue weighted by atomic mass is 10.2. The van der Waals surface area contributed by atoms with Gasteiger partial charge in [0.1, 0.15) is 17.3 Å². The van der Waals surface area contributed by atoms with Crippen molar-refractivity contribution < 1.29 is 8.81 Å². The molecule has 0 radical (unpaired) electrons. The molecular weight excluding hydrogens is 243 g/mol. The number of para-hydroxylation sites is 1. The van der Waals surface area contributed by atoms with Crippen LogP contribution in [0.4, 0.5) is 10.1 Å². The van der Waals surface area contributed by atoms with E-state index in [1.54, 1.807) is 12.1 Å². The number of hydrogen-bond donors (Lipinski definition) is 1. The summed E-state index contributed by atoms with van der Waals surface area (Å²) in [5.74, 6) is 1.55. The Kier molecular flexibility index (Phi) is 4.22. The SMILES string of the molecule is CNCc1oc(CN(C)c2ccccc2F)cc1C. The molecule has 0 saturated carbocycles. The van der Waals surface area contributed by atoms with Gasteiger partial charge in [-0.2, -0.15) is 0 Å². The molecule has 19 heavy (non-hydrogen) atoms. The lowest BCUT2D eigenvalue weighted by molar-refractivity contribution is 0.451. The van der Waals surface area contributed by atoms with Crippen molar-refractivity contribution in [1.29, 1.82) is 0 Å². The molecule has 1 heterocycles. The summed E-state index contributed by atoms with van der Waals surface area (Å²) in [5.41, 5.74) is 1.69. The average molecular weight is 262 g/mol. The lowest BCUT2D eigenvalue weighted by Gasteiger charge is -2.18. The van der Waals surface area contributed by atoms with E-state index in [1.165, 1.54) is 6.07 Å². The second kappa shape index (κ2) is 5.89. The number of halogens is 1. The van der Waals surface area contributed by atoms with E-state index in [0.29, 0.717) is 18.8 Å². The van der Waals surface area contributed by atoms with Gasteiger partial charge in [-0.25, -0.2) is 4.39 Å². The number of rotatable bonds is 5. The van der Waals surface area contributed by atoms with Crippen LogP contribution in [0.15, 0.2) is 34.7 Å². The van der Waals surface area contributed by atoms with Crippen molar-refractivity contribution in [3.05, 3.63) is 53.2 Å². The minimum atomic E-state index is -0.219. The summed E-state index contributed by atoms with van der Waals surface area (Å²) in [5, 5.41) is 3.06. The number of nitrogens with one attached hydrogen (secondary N) is 1. The third-order valence-corrected chi connectivity index (χ3v) is 3.07. The van der Waals surface area contributed by atoms with Gasteiger partial charge >= 0.3 is 0 Å². The molecule has 102 valence electrons. The smallest absolute Gasteiger partial charge is 0.146 e. The summed E-state index contributed by atoms with van der Waals surface area (Å²) in [6, 6.07) is 8.75. The fourth-order valence-corrected chi connectivity index (χ4v) is 2.08. The van der Waals surface area contributed by atoms with Gasteiger partial charge < -0.3 is 14.6 Å². The number of nitrogens with zero attached hydrogens (tertiary/aromatic N) is 1. The molecule has 0 fully saturated rings. The Morgan fingerprint density at radius 2 is 2.05 bits per heavy atom. The molecule has 3 nitrogen and oxygen atoms in total. The Bertz CT molecular complexity index is 551. The number of hydrogen-bond acceptors (Lipinski definition) is 3. The fourth-order valence-electron chi connectivity index (χ4n) is 2.08. The van der Waals surface area contributed by atoms with E-state index in [4.69, 9.17) is 4.42 Å². The molecule has 0 saturated heterocycles. The standard InChI is InChI=1S/C15H19FN2O/c1-11-8-12(19-15(11)9-17-2)10-18(3)14-7-5-4-6-13(14)16/h4-8,17H,9-10H2,1-3H3. The molecule has 0 aliphatic carbocycles. The number of furan rings is 1. The molecule has 0 unspecified atom stereocenters. The maximum atomic E-state index is 13.7. The van der Waals surface area contributed by atoms with Crippen molar-refractivity contribution >= 4 is 5.69 Å². The van der Waals surface area contributed by atoms with Crippen LogP contribution in [0.3, 0.4) is 0 Å².